The van der Waals surface area contributed by atoms with Gasteiger partial charge in [-0.3, -0.25) is 0 Å². The maximum atomic E-state index is 4.91. The highest BCUT2D eigenvalue weighted by molar-refractivity contribution is 6.18. The molecule has 0 spiro atoms. The van der Waals surface area contributed by atoms with Crippen LogP contribution >= 0.6 is 0 Å². The summed E-state index contributed by atoms with van der Waals surface area (Å²) in [6, 6.07) is 0. The molecule has 0 rings (SSSR count). The average Bonchev–Trinajstić information content (AvgIpc) is 1.61. The molecule has 0 unspecified atom stereocenters. The van der Waals surface area contributed by atoms with Gasteiger partial charge in [0.15, 0.2) is 0 Å². The molecule has 0 aromatic carbocycles. The van der Waals surface area contributed by atoms with Gasteiger partial charge in [-0.25, -0.2) is 0 Å². The fourth-order valence-corrected chi connectivity index (χ4v) is 0.479. The average molecular weight is 118 g/mol. The van der Waals surface area contributed by atoms with E-state index in [-0.39, 0.29) is 0 Å². The lowest BCUT2D eigenvalue weighted by atomic mass is 10.7. The molecule has 0 aliphatic rings. The molecule has 7 heavy (non-hydrogen) atoms. The minimum Gasteiger partial charge on any atom is -0.529 e. The van der Waals surface area contributed by atoms with Crippen LogP contribution in [0, 0.1) is 0 Å². The summed E-state index contributed by atoms with van der Waals surface area (Å²) in [6.45, 7) is 5.34. The van der Waals surface area contributed by atoms with Gasteiger partial charge in [-0.15, -0.1) is 0 Å². The van der Waals surface area contributed by atoms with Crippen LogP contribution in [0.25, 0.3) is 0 Å². The summed E-state index contributed by atoms with van der Waals surface area (Å²) in [5, 5.41) is 0. The van der Waals surface area contributed by atoms with E-state index in [1.807, 2.05) is 6.92 Å². The summed E-state index contributed by atoms with van der Waals surface area (Å²) in [4.78, 5) is 0. The van der Waals surface area contributed by atoms with Crippen molar-refractivity contribution in [3.63, 3.8) is 0 Å². The van der Waals surface area contributed by atoms with Gasteiger partial charge in [0.1, 0.15) is 0 Å². The molecule has 0 atom stereocenters. The molecule has 0 fully saturated rings. The standard InChI is InChI=1S/C4H10O2Si/c1-4(2)6-7-5-3/h1,7H2,2-3H3. The molecular formula is C4H10O2Si. The van der Waals surface area contributed by atoms with Crippen molar-refractivity contribution in [2.24, 2.45) is 0 Å². The topological polar surface area (TPSA) is 18.5 Å². The summed E-state index contributed by atoms with van der Waals surface area (Å²) in [5.41, 5.74) is 0. The highest BCUT2D eigenvalue weighted by atomic mass is 28.3. The van der Waals surface area contributed by atoms with Crippen molar-refractivity contribution in [3.8, 4) is 0 Å². The van der Waals surface area contributed by atoms with E-state index in [2.05, 4.69) is 6.58 Å². The first-order valence-corrected chi connectivity index (χ1v) is 3.20. The van der Waals surface area contributed by atoms with Crippen LogP contribution < -0.4 is 0 Å². The fraction of sp³-hybridized carbons (Fsp3) is 0.500. The van der Waals surface area contributed by atoms with E-state index >= 15 is 0 Å². The third-order valence-corrected chi connectivity index (χ3v) is 1.27. The zero-order valence-electron chi connectivity index (χ0n) is 4.73. The summed E-state index contributed by atoms with van der Waals surface area (Å²) in [7, 11) is 0.909. The Morgan fingerprint density at radius 2 is 2.29 bits per heavy atom. The molecule has 0 aromatic heterocycles. The fourth-order valence-electron chi connectivity index (χ4n) is 0.160. The predicted octanol–water partition coefficient (Wildman–Crippen LogP) is 0.182. The van der Waals surface area contributed by atoms with Crippen molar-refractivity contribution in [2.45, 2.75) is 6.92 Å². The lowest BCUT2D eigenvalue weighted by Gasteiger charge is -1.99. The molecular weight excluding hydrogens is 108 g/mol. The molecule has 0 bridgehead atoms. The van der Waals surface area contributed by atoms with Gasteiger partial charge in [-0.2, -0.15) is 0 Å². The molecule has 0 heterocycles. The van der Waals surface area contributed by atoms with E-state index in [1.54, 1.807) is 7.11 Å². The first kappa shape index (κ1) is 6.72. The van der Waals surface area contributed by atoms with E-state index in [9.17, 15) is 0 Å². The molecule has 0 aromatic rings. The highest BCUT2D eigenvalue weighted by Crippen LogP contribution is 1.84. The molecule has 0 saturated carbocycles. The molecule has 3 heteroatoms. The van der Waals surface area contributed by atoms with E-state index < -0.39 is 10.0 Å². The molecule has 42 valence electrons. The maximum absolute atomic E-state index is 4.91. The summed E-state index contributed by atoms with van der Waals surface area (Å²) >= 11 is 0. The van der Waals surface area contributed by atoms with E-state index in [4.69, 9.17) is 8.85 Å². The maximum Gasteiger partial charge on any atom is 0.365 e. The van der Waals surface area contributed by atoms with Gasteiger partial charge in [-0.1, -0.05) is 6.58 Å². The summed E-state index contributed by atoms with van der Waals surface area (Å²) in [5.74, 6) is 0.744. The quantitative estimate of drug-likeness (QED) is 0.389. The Bertz CT molecular complexity index is 62.7. The van der Waals surface area contributed by atoms with Crippen molar-refractivity contribution in [1.29, 1.82) is 0 Å². The lowest BCUT2D eigenvalue weighted by Crippen LogP contribution is -1.97. The van der Waals surface area contributed by atoms with Crippen LogP contribution in [0.15, 0.2) is 12.3 Å². The van der Waals surface area contributed by atoms with Crippen molar-refractivity contribution in [2.75, 3.05) is 7.11 Å². The van der Waals surface area contributed by atoms with Gasteiger partial charge >= 0.3 is 10.0 Å². The van der Waals surface area contributed by atoms with Gasteiger partial charge < -0.3 is 8.85 Å². The van der Waals surface area contributed by atoms with Crippen LogP contribution in [-0.2, 0) is 8.85 Å². The summed E-state index contributed by atoms with van der Waals surface area (Å²) in [6.07, 6.45) is 0. The Morgan fingerprint density at radius 1 is 1.71 bits per heavy atom. The van der Waals surface area contributed by atoms with Gasteiger partial charge in [0, 0.05) is 7.11 Å². The monoisotopic (exact) mass is 118 g/mol. The SMILES string of the molecule is C=C(C)O[SiH2]OC. The van der Waals surface area contributed by atoms with Crippen LogP contribution in [0.4, 0.5) is 0 Å². The first-order chi connectivity index (χ1) is 3.27. The molecule has 0 amide bonds. The number of hydrogen-bond acceptors (Lipinski definition) is 2. The smallest absolute Gasteiger partial charge is 0.365 e. The van der Waals surface area contributed by atoms with Crippen LogP contribution in [-0.4, -0.2) is 17.1 Å². The molecule has 0 N–H and O–H groups in total. The van der Waals surface area contributed by atoms with E-state index in [0.717, 1.165) is 5.76 Å². The van der Waals surface area contributed by atoms with Gasteiger partial charge in [-0.05, 0) is 6.92 Å². The molecule has 0 aliphatic heterocycles. The molecule has 0 radical (unpaired) electrons. The Hall–Kier alpha value is -0.283. The number of rotatable bonds is 3. The number of hydrogen-bond donors (Lipinski definition) is 0. The minimum absolute atomic E-state index is 0.725. The molecule has 2 nitrogen and oxygen atoms in total. The van der Waals surface area contributed by atoms with Crippen molar-refractivity contribution in [1.82, 2.24) is 0 Å². The number of allylic oxidation sites excluding steroid dienone is 1. The second kappa shape index (κ2) is 3.89. The Morgan fingerprint density at radius 3 is 2.43 bits per heavy atom. The van der Waals surface area contributed by atoms with Gasteiger partial charge in [0.05, 0.1) is 5.76 Å². The van der Waals surface area contributed by atoms with Gasteiger partial charge in [0.2, 0.25) is 0 Å². The normalized spacial score (nSPS) is 10.0. The second-order valence-corrected chi connectivity index (χ2v) is 2.35. The Labute approximate surface area is 46.2 Å². The first-order valence-electron chi connectivity index (χ1n) is 2.04. The summed E-state index contributed by atoms with van der Waals surface area (Å²) < 4.78 is 9.62. The van der Waals surface area contributed by atoms with Gasteiger partial charge in [0.25, 0.3) is 0 Å². The third kappa shape index (κ3) is 5.72. The van der Waals surface area contributed by atoms with E-state index in [1.165, 1.54) is 0 Å². The van der Waals surface area contributed by atoms with Crippen LogP contribution in [0.3, 0.4) is 0 Å². The highest BCUT2D eigenvalue weighted by Gasteiger charge is 1.80. The lowest BCUT2D eigenvalue weighted by molar-refractivity contribution is 0.318. The zero-order chi connectivity index (χ0) is 5.70. The van der Waals surface area contributed by atoms with Crippen molar-refractivity contribution >= 4 is 10.0 Å². The zero-order valence-corrected chi connectivity index (χ0v) is 6.14. The van der Waals surface area contributed by atoms with Crippen LogP contribution in [0.2, 0.25) is 0 Å². The van der Waals surface area contributed by atoms with Crippen LogP contribution in [0.5, 0.6) is 0 Å². The third-order valence-electron chi connectivity index (χ3n) is 0.423. The predicted molar refractivity (Wildman–Crippen MR) is 31.5 cm³/mol. The second-order valence-electron chi connectivity index (χ2n) is 1.25. The largest absolute Gasteiger partial charge is 0.529 e. The van der Waals surface area contributed by atoms with Crippen molar-refractivity contribution < 1.29 is 8.85 Å². The minimum atomic E-state index is -0.725. The molecule has 0 saturated heterocycles. The van der Waals surface area contributed by atoms with Crippen molar-refractivity contribution in [3.05, 3.63) is 12.3 Å². The Kier molecular flexibility index (Phi) is 3.73. The van der Waals surface area contributed by atoms with E-state index in [0.29, 0.717) is 0 Å². The van der Waals surface area contributed by atoms with Crippen LogP contribution in [0.1, 0.15) is 6.92 Å². The Balaban J connectivity index is 2.82. The molecule has 0 aliphatic carbocycles.